The molecule has 2 aliphatic rings. The lowest BCUT2D eigenvalue weighted by Gasteiger charge is -2.26. The summed E-state index contributed by atoms with van der Waals surface area (Å²) in [6.07, 6.45) is 6.59. The second-order valence-corrected chi connectivity index (χ2v) is 12.4. The third-order valence-electron chi connectivity index (χ3n) is 8.59. The number of nitrogens with one attached hydrogen (secondary N) is 1. The Kier molecular flexibility index (Phi) is 7.69. The number of thiophene rings is 1. The Bertz CT molecular complexity index is 1910. The van der Waals surface area contributed by atoms with Gasteiger partial charge in [-0.15, -0.1) is 11.3 Å². The quantitative estimate of drug-likeness (QED) is 0.147. The van der Waals surface area contributed by atoms with Crippen LogP contribution in [0.25, 0.3) is 33.2 Å². The van der Waals surface area contributed by atoms with Crippen LogP contribution in [-0.4, -0.2) is 23.6 Å². The van der Waals surface area contributed by atoms with Gasteiger partial charge in [0.25, 0.3) is 11.8 Å². The minimum atomic E-state index is -0.487. The van der Waals surface area contributed by atoms with E-state index in [9.17, 15) is 14.8 Å². The molecule has 5 nitrogen and oxygen atoms in total. The lowest BCUT2D eigenvalue weighted by Crippen LogP contribution is -2.32. The lowest BCUT2D eigenvalue weighted by molar-refractivity contribution is -0.123. The van der Waals surface area contributed by atoms with Crippen LogP contribution in [0.15, 0.2) is 103 Å². The minimum Gasteiger partial charge on any atom is -0.352 e. The molecule has 2 amide bonds. The van der Waals surface area contributed by atoms with Crippen LogP contribution >= 0.6 is 11.3 Å². The summed E-state index contributed by atoms with van der Waals surface area (Å²) in [4.78, 5) is 27.2. The molecule has 6 heteroatoms. The van der Waals surface area contributed by atoms with Crippen LogP contribution < -0.4 is 10.4 Å². The van der Waals surface area contributed by atoms with Gasteiger partial charge in [0.05, 0.1) is 5.69 Å². The summed E-state index contributed by atoms with van der Waals surface area (Å²) < 4.78 is 0. The Morgan fingerprint density at radius 1 is 0.750 bits per heavy atom. The van der Waals surface area contributed by atoms with Crippen LogP contribution in [0.2, 0.25) is 0 Å². The maximum atomic E-state index is 12.7. The van der Waals surface area contributed by atoms with Gasteiger partial charge in [-0.3, -0.25) is 14.8 Å². The van der Waals surface area contributed by atoms with Crippen molar-refractivity contribution in [2.75, 3.05) is 11.6 Å². The fourth-order valence-electron chi connectivity index (χ4n) is 6.34. The highest BCUT2D eigenvalue weighted by atomic mass is 32.1. The first-order valence-corrected chi connectivity index (χ1v) is 15.9. The molecule has 0 aliphatic heterocycles. The summed E-state index contributed by atoms with van der Waals surface area (Å²) in [5, 5.41) is 14.1. The molecule has 2 aliphatic carbocycles. The van der Waals surface area contributed by atoms with Gasteiger partial charge in [-0.25, -0.2) is 0 Å². The van der Waals surface area contributed by atoms with Crippen molar-refractivity contribution >= 4 is 40.5 Å². The largest absolute Gasteiger partial charge is 0.352 e. The Labute approximate surface area is 261 Å². The van der Waals surface area contributed by atoms with E-state index in [1.165, 1.54) is 43.8 Å². The molecule has 0 radical (unpaired) electrons. The molecule has 7 rings (SSSR count). The monoisotopic (exact) mass is 596 g/mol. The molecule has 0 bridgehead atoms. The Morgan fingerprint density at radius 3 is 2.43 bits per heavy atom. The summed E-state index contributed by atoms with van der Waals surface area (Å²) >= 11 is 1.73. The number of hydrogen-bond acceptors (Lipinski definition) is 4. The standard InChI is InChI=1S/C38H32N2O3S/c41-37(21-22-39-38(42)26-8-2-1-3-9-26)40(43)30-11-6-10-28(24-30)35-19-20-36(44-35)29-15-16-32-27(23-29)14-18-33-31-12-5-4-7-25(31)13-17-34(32)33/h1-12,14,18-20,23-24,43H,13,15-17,21-22H2,(H,39,42). The number of benzene rings is 4. The van der Waals surface area contributed by atoms with Crippen LogP contribution in [0.3, 0.4) is 0 Å². The van der Waals surface area contributed by atoms with Gasteiger partial charge in [0.1, 0.15) is 0 Å². The lowest BCUT2D eigenvalue weighted by atomic mass is 9.78. The smallest absolute Gasteiger partial charge is 0.252 e. The molecule has 0 fully saturated rings. The Hall–Kier alpha value is -4.78. The Balaban J connectivity index is 1.04. The third-order valence-corrected chi connectivity index (χ3v) is 9.80. The van der Waals surface area contributed by atoms with E-state index in [1.807, 2.05) is 24.3 Å². The van der Waals surface area contributed by atoms with Crippen molar-refractivity contribution < 1.29 is 14.8 Å². The number of hydroxylamine groups is 1. The molecule has 5 aromatic rings. The zero-order valence-corrected chi connectivity index (χ0v) is 25.1. The molecule has 0 saturated carbocycles. The van der Waals surface area contributed by atoms with Crippen molar-refractivity contribution in [3.8, 4) is 21.6 Å². The van der Waals surface area contributed by atoms with Crippen LogP contribution in [0.1, 0.15) is 50.3 Å². The molecule has 44 heavy (non-hydrogen) atoms. The van der Waals surface area contributed by atoms with E-state index in [2.05, 4.69) is 59.9 Å². The fraction of sp³-hybridized carbons (Fsp3) is 0.158. The van der Waals surface area contributed by atoms with Gasteiger partial charge in [-0.1, -0.05) is 72.8 Å². The van der Waals surface area contributed by atoms with E-state index in [0.717, 1.165) is 36.1 Å². The highest BCUT2D eigenvalue weighted by molar-refractivity contribution is 7.16. The fourth-order valence-corrected chi connectivity index (χ4v) is 7.38. The Morgan fingerprint density at radius 2 is 1.55 bits per heavy atom. The predicted octanol–water partition coefficient (Wildman–Crippen LogP) is 8.21. The first-order chi connectivity index (χ1) is 21.5. The predicted molar refractivity (Wildman–Crippen MR) is 178 cm³/mol. The van der Waals surface area contributed by atoms with Gasteiger partial charge in [0, 0.05) is 28.3 Å². The summed E-state index contributed by atoms with van der Waals surface area (Å²) in [6.45, 7) is 0.131. The van der Waals surface area contributed by atoms with Crippen LogP contribution in [-0.2, 0) is 24.1 Å². The molecule has 0 atom stereocenters. The second kappa shape index (κ2) is 12.1. The number of aryl methyl sites for hydroxylation is 1. The van der Waals surface area contributed by atoms with Gasteiger partial charge < -0.3 is 5.32 Å². The SMILES string of the molecule is O=C(NCCC(=O)N(O)c1cccc(-c2ccc(C3=Cc4ccc5c(c4CC3)CCc3ccccc3-5)s2)c1)c1ccccc1. The molecule has 2 N–H and O–H groups in total. The van der Waals surface area contributed by atoms with Crippen molar-refractivity contribution in [2.45, 2.75) is 32.1 Å². The van der Waals surface area contributed by atoms with E-state index < -0.39 is 5.91 Å². The van der Waals surface area contributed by atoms with Crippen molar-refractivity contribution in [1.82, 2.24) is 5.32 Å². The molecular weight excluding hydrogens is 564 g/mol. The van der Waals surface area contributed by atoms with Crippen LogP contribution in [0, 0.1) is 0 Å². The maximum absolute atomic E-state index is 12.7. The number of rotatable bonds is 7. The van der Waals surface area contributed by atoms with E-state index in [1.54, 1.807) is 41.7 Å². The molecule has 4 aromatic carbocycles. The normalized spacial score (nSPS) is 13.2. The van der Waals surface area contributed by atoms with E-state index in [4.69, 9.17) is 0 Å². The van der Waals surface area contributed by atoms with Gasteiger partial charge in [0.15, 0.2) is 0 Å². The highest BCUT2D eigenvalue weighted by Crippen LogP contribution is 2.42. The minimum absolute atomic E-state index is 0.0200. The average molecular weight is 597 g/mol. The summed E-state index contributed by atoms with van der Waals surface area (Å²) in [6, 6.07) is 33.9. The molecule has 0 spiro atoms. The van der Waals surface area contributed by atoms with Gasteiger partial charge in [-0.2, -0.15) is 5.06 Å². The number of carbonyl (C=O) groups is 2. The van der Waals surface area contributed by atoms with Crippen LogP contribution in [0.5, 0.6) is 0 Å². The number of hydrogen-bond donors (Lipinski definition) is 2. The van der Waals surface area contributed by atoms with E-state index >= 15 is 0 Å². The van der Waals surface area contributed by atoms with Crippen LogP contribution in [0.4, 0.5) is 5.69 Å². The molecule has 1 aromatic heterocycles. The molecule has 218 valence electrons. The van der Waals surface area contributed by atoms with Crippen molar-refractivity contribution in [3.63, 3.8) is 0 Å². The van der Waals surface area contributed by atoms with E-state index in [-0.39, 0.29) is 18.9 Å². The van der Waals surface area contributed by atoms with Crippen molar-refractivity contribution in [3.05, 3.63) is 136 Å². The second-order valence-electron chi connectivity index (χ2n) is 11.3. The number of fused-ring (bicyclic) bond motifs is 5. The van der Waals surface area contributed by atoms with Gasteiger partial charge in [-0.05, 0) is 107 Å². The third kappa shape index (κ3) is 5.50. The summed E-state index contributed by atoms with van der Waals surface area (Å²) in [7, 11) is 0. The number of anilines is 1. The van der Waals surface area contributed by atoms with Gasteiger partial charge in [0.2, 0.25) is 0 Å². The average Bonchev–Trinajstić information content (AvgIpc) is 3.58. The molecular formula is C38H32N2O3S. The molecule has 1 heterocycles. The molecule has 0 unspecified atom stereocenters. The van der Waals surface area contributed by atoms with E-state index in [0.29, 0.717) is 16.3 Å². The topological polar surface area (TPSA) is 69.6 Å². The zero-order valence-electron chi connectivity index (χ0n) is 24.3. The van der Waals surface area contributed by atoms with Gasteiger partial charge >= 0.3 is 0 Å². The summed E-state index contributed by atoms with van der Waals surface area (Å²) in [5.74, 6) is -0.737. The first-order valence-electron chi connectivity index (χ1n) is 15.0. The summed E-state index contributed by atoms with van der Waals surface area (Å²) in [5.41, 5.74) is 11.8. The zero-order chi connectivity index (χ0) is 30.0. The number of amides is 2. The molecule has 0 saturated heterocycles. The van der Waals surface area contributed by atoms with Crippen molar-refractivity contribution in [2.24, 2.45) is 0 Å². The highest BCUT2D eigenvalue weighted by Gasteiger charge is 2.23. The number of allylic oxidation sites excluding steroid dienone is 1. The number of nitrogens with zero attached hydrogens (tertiary/aromatic N) is 1. The number of carbonyl (C=O) groups excluding carboxylic acids is 2. The first kappa shape index (κ1) is 28.0. The van der Waals surface area contributed by atoms with Crippen molar-refractivity contribution in [1.29, 1.82) is 0 Å². The maximum Gasteiger partial charge on any atom is 0.252 e.